The fraction of sp³-hybridized carbons (Fsp3) is 0.550. The van der Waals surface area contributed by atoms with E-state index < -0.39 is 17.2 Å². The molecule has 0 aliphatic carbocycles. The molecule has 1 aliphatic heterocycles. The standard InChI is InChI=1S/C20H27BrClN3O3/c1-12(2)20(6)10-16(26)25(11-13-7-8-15(22)14(21)9-13)17(24-20)23-18(27)28-19(3,4)5/h7-9,12H,10-11H2,1-6H3,(H,23,24,27)/t20-/m0/s1. The van der Waals surface area contributed by atoms with Crippen molar-refractivity contribution in [3.05, 3.63) is 33.3 Å². The van der Waals surface area contributed by atoms with Gasteiger partial charge >= 0.3 is 6.09 Å². The van der Waals surface area contributed by atoms with E-state index in [-0.39, 0.29) is 24.3 Å². The van der Waals surface area contributed by atoms with Gasteiger partial charge < -0.3 is 10.1 Å². The number of carbonyl (C=O) groups is 2. The van der Waals surface area contributed by atoms with Crippen LogP contribution in [-0.2, 0) is 16.1 Å². The number of nitrogens with zero attached hydrogens (tertiary/aromatic N) is 2. The minimum absolute atomic E-state index is 0.108. The largest absolute Gasteiger partial charge is 0.442 e. The van der Waals surface area contributed by atoms with Gasteiger partial charge in [-0.1, -0.05) is 31.5 Å². The molecule has 0 aromatic heterocycles. The van der Waals surface area contributed by atoms with Gasteiger partial charge in [0.2, 0.25) is 11.9 Å². The molecular formula is C20H27BrClN3O3. The van der Waals surface area contributed by atoms with Crippen LogP contribution in [0.3, 0.4) is 0 Å². The van der Waals surface area contributed by atoms with Gasteiger partial charge in [0.25, 0.3) is 0 Å². The van der Waals surface area contributed by atoms with E-state index in [0.29, 0.717) is 11.4 Å². The molecule has 2 amide bonds. The molecule has 1 atom stereocenters. The Bertz CT molecular complexity index is 804. The van der Waals surface area contributed by atoms with Crippen molar-refractivity contribution < 1.29 is 14.3 Å². The Labute approximate surface area is 179 Å². The summed E-state index contributed by atoms with van der Waals surface area (Å²) in [6, 6.07) is 5.43. The van der Waals surface area contributed by atoms with Gasteiger partial charge in [-0.25, -0.2) is 4.79 Å². The molecule has 0 saturated carbocycles. The number of carbonyl (C=O) groups excluding carboxylic acids is 2. The molecule has 1 fully saturated rings. The van der Waals surface area contributed by atoms with Crippen LogP contribution in [-0.4, -0.2) is 34.0 Å². The smallest absolute Gasteiger partial charge is 0.437 e. The molecule has 0 radical (unpaired) electrons. The molecule has 6 nitrogen and oxygen atoms in total. The quantitative estimate of drug-likeness (QED) is 0.662. The number of guanidine groups is 1. The zero-order valence-corrected chi connectivity index (χ0v) is 19.4. The van der Waals surface area contributed by atoms with Crippen LogP contribution < -0.4 is 5.32 Å². The van der Waals surface area contributed by atoms with Crippen LogP contribution >= 0.6 is 27.5 Å². The SMILES string of the molecule is CC(C)[C@]1(C)CC(=O)N(Cc2ccc(Cl)c(Br)c2)/C(=N\C(=O)OC(C)(C)C)N1. The van der Waals surface area contributed by atoms with Gasteiger partial charge in [0.1, 0.15) is 5.60 Å². The number of rotatable bonds is 3. The molecule has 1 saturated heterocycles. The zero-order chi connectivity index (χ0) is 21.3. The number of hydrogen-bond acceptors (Lipinski definition) is 3. The van der Waals surface area contributed by atoms with Crippen LogP contribution in [0.25, 0.3) is 0 Å². The number of nitrogens with one attached hydrogen (secondary N) is 1. The van der Waals surface area contributed by atoms with E-state index in [0.717, 1.165) is 10.0 Å². The molecule has 1 N–H and O–H groups in total. The second-order valence-electron chi connectivity index (χ2n) is 8.52. The maximum Gasteiger partial charge on any atom is 0.437 e. The lowest BCUT2D eigenvalue weighted by Crippen LogP contribution is -2.63. The molecule has 1 heterocycles. The lowest BCUT2D eigenvalue weighted by Gasteiger charge is -2.43. The molecule has 0 spiro atoms. The van der Waals surface area contributed by atoms with Crippen molar-refractivity contribution in [3.63, 3.8) is 0 Å². The van der Waals surface area contributed by atoms with E-state index in [1.807, 2.05) is 32.9 Å². The molecule has 8 heteroatoms. The highest BCUT2D eigenvalue weighted by Crippen LogP contribution is 2.28. The van der Waals surface area contributed by atoms with Crippen LogP contribution in [0.5, 0.6) is 0 Å². The summed E-state index contributed by atoms with van der Waals surface area (Å²) in [5.41, 5.74) is -0.321. The van der Waals surface area contributed by atoms with Gasteiger partial charge in [0.05, 0.1) is 18.0 Å². The Balaban J connectivity index is 2.37. The summed E-state index contributed by atoms with van der Waals surface area (Å²) in [4.78, 5) is 30.8. The highest BCUT2D eigenvalue weighted by Gasteiger charge is 2.41. The Morgan fingerprint density at radius 2 is 2.07 bits per heavy atom. The zero-order valence-electron chi connectivity index (χ0n) is 17.1. The van der Waals surface area contributed by atoms with E-state index in [1.165, 1.54) is 4.90 Å². The van der Waals surface area contributed by atoms with E-state index in [9.17, 15) is 9.59 Å². The van der Waals surface area contributed by atoms with Crippen LogP contribution in [0.2, 0.25) is 5.02 Å². The van der Waals surface area contributed by atoms with Crippen LogP contribution in [0.15, 0.2) is 27.7 Å². The average Bonchev–Trinajstić information content (AvgIpc) is 2.52. The highest BCUT2D eigenvalue weighted by molar-refractivity contribution is 9.10. The molecule has 2 rings (SSSR count). The maximum absolute atomic E-state index is 13.0. The monoisotopic (exact) mass is 471 g/mol. The fourth-order valence-electron chi connectivity index (χ4n) is 2.69. The van der Waals surface area contributed by atoms with Gasteiger partial charge in [-0.2, -0.15) is 0 Å². The number of aliphatic imine (C=N–C) groups is 1. The summed E-state index contributed by atoms with van der Waals surface area (Å²) in [5, 5.41) is 3.87. The first kappa shape index (κ1) is 22.7. The maximum atomic E-state index is 13.0. The van der Waals surface area contributed by atoms with Crippen molar-refractivity contribution in [1.82, 2.24) is 10.2 Å². The van der Waals surface area contributed by atoms with Gasteiger partial charge in [-0.15, -0.1) is 4.99 Å². The first-order valence-corrected chi connectivity index (χ1v) is 10.3. The van der Waals surface area contributed by atoms with Crippen molar-refractivity contribution in [3.8, 4) is 0 Å². The molecule has 1 aliphatic rings. The molecule has 1 aromatic rings. The van der Waals surface area contributed by atoms with Crippen molar-refractivity contribution >= 4 is 45.5 Å². The summed E-state index contributed by atoms with van der Waals surface area (Å²) in [5.74, 6) is 0.253. The Morgan fingerprint density at radius 1 is 1.43 bits per heavy atom. The lowest BCUT2D eigenvalue weighted by molar-refractivity contribution is -0.131. The summed E-state index contributed by atoms with van der Waals surface area (Å²) < 4.78 is 6.05. The molecule has 0 bridgehead atoms. The molecule has 154 valence electrons. The van der Waals surface area contributed by atoms with Crippen molar-refractivity contribution in [2.24, 2.45) is 10.9 Å². The van der Waals surface area contributed by atoms with E-state index >= 15 is 0 Å². The minimum Gasteiger partial charge on any atom is -0.442 e. The number of halogens is 2. The van der Waals surface area contributed by atoms with Crippen LogP contribution in [0.1, 0.15) is 53.5 Å². The number of ether oxygens (including phenoxy) is 1. The molecule has 0 unspecified atom stereocenters. The third kappa shape index (κ3) is 5.70. The van der Waals surface area contributed by atoms with Crippen LogP contribution in [0, 0.1) is 5.92 Å². The Kier molecular flexibility index (Phi) is 6.82. The number of benzene rings is 1. The predicted molar refractivity (Wildman–Crippen MR) is 114 cm³/mol. The number of hydrogen-bond donors (Lipinski definition) is 1. The summed E-state index contributed by atoms with van der Waals surface area (Å²) >= 11 is 9.45. The number of amides is 2. The third-order valence-electron chi connectivity index (χ3n) is 4.66. The fourth-order valence-corrected chi connectivity index (χ4v) is 3.23. The molecule has 28 heavy (non-hydrogen) atoms. The topological polar surface area (TPSA) is 71.0 Å². The average molecular weight is 473 g/mol. The first-order valence-electron chi connectivity index (χ1n) is 9.15. The van der Waals surface area contributed by atoms with Gasteiger partial charge in [0.15, 0.2) is 0 Å². The van der Waals surface area contributed by atoms with Gasteiger partial charge in [-0.3, -0.25) is 9.69 Å². The molecule has 1 aromatic carbocycles. The van der Waals surface area contributed by atoms with Crippen molar-refractivity contribution in [2.75, 3.05) is 0 Å². The van der Waals surface area contributed by atoms with E-state index in [2.05, 4.69) is 26.2 Å². The van der Waals surface area contributed by atoms with E-state index in [1.54, 1.807) is 26.8 Å². The van der Waals surface area contributed by atoms with Crippen LogP contribution in [0.4, 0.5) is 4.79 Å². The van der Waals surface area contributed by atoms with Crippen molar-refractivity contribution in [2.45, 2.75) is 65.6 Å². The summed E-state index contributed by atoms with van der Waals surface area (Å²) in [7, 11) is 0. The third-order valence-corrected chi connectivity index (χ3v) is 5.88. The van der Waals surface area contributed by atoms with E-state index in [4.69, 9.17) is 16.3 Å². The Hall–Kier alpha value is -1.60. The normalized spacial score (nSPS) is 21.8. The van der Waals surface area contributed by atoms with Gasteiger partial charge in [0, 0.05) is 10.0 Å². The van der Waals surface area contributed by atoms with Crippen molar-refractivity contribution in [1.29, 1.82) is 0 Å². The molecular weight excluding hydrogens is 446 g/mol. The van der Waals surface area contributed by atoms with Gasteiger partial charge in [-0.05, 0) is 67.2 Å². The highest BCUT2D eigenvalue weighted by atomic mass is 79.9. The summed E-state index contributed by atoms with van der Waals surface area (Å²) in [6.07, 6.45) is -0.439. The summed E-state index contributed by atoms with van der Waals surface area (Å²) in [6.45, 7) is 11.6. The first-order chi connectivity index (χ1) is 12.8. The second-order valence-corrected chi connectivity index (χ2v) is 9.78. The minimum atomic E-state index is -0.738. The second kappa shape index (κ2) is 8.41. The Morgan fingerprint density at radius 3 is 2.61 bits per heavy atom. The predicted octanol–water partition coefficient (Wildman–Crippen LogP) is 5.13. The lowest BCUT2D eigenvalue weighted by atomic mass is 9.83.